The Morgan fingerprint density at radius 1 is 0.958 bits per heavy atom. The Hall–Kier alpha value is -2.69. The predicted octanol–water partition coefficient (Wildman–Crippen LogP) is 3.54. The normalized spacial score (nSPS) is 18.0. The summed E-state index contributed by atoms with van der Waals surface area (Å²) in [5, 5.41) is 9.09. The summed E-state index contributed by atoms with van der Waals surface area (Å²) >= 11 is 0. The van der Waals surface area contributed by atoms with Gasteiger partial charge in [-0.25, -0.2) is 9.78 Å². The SMILES string of the molecule is O=C(O)c1cccc(C(=O)N2CCCCCC2c2ccccc2)n1. The van der Waals surface area contributed by atoms with E-state index in [-0.39, 0.29) is 23.3 Å². The van der Waals surface area contributed by atoms with Gasteiger partial charge < -0.3 is 10.0 Å². The lowest BCUT2D eigenvalue weighted by molar-refractivity contribution is 0.0672. The molecule has 5 nitrogen and oxygen atoms in total. The van der Waals surface area contributed by atoms with Gasteiger partial charge in [0, 0.05) is 6.54 Å². The molecule has 1 aromatic carbocycles. The number of likely N-dealkylation sites (tertiary alicyclic amines) is 1. The maximum atomic E-state index is 13.0. The summed E-state index contributed by atoms with van der Waals surface area (Å²) in [6.45, 7) is 0.664. The standard InChI is InChI=1S/C19H20N2O3/c22-18(15-10-7-11-16(20-15)19(23)24)21-13-6-2-5-12-17(21)14-8-3-1-4-9-14/h1,3-4,7-11,17H,2,5-6,12-13H2,(H,23,24). The number of benzene rings is 1. The number of carboxylic acid groups (broad SMARTS) is 1. The van der Waals surface area contributed by atoms with Crippen LogP contribution >= 0.6 is 0 Å². The summed E-state index contributed by atoms with van der Waals surface area (Å²) in [5.74, 6) is -1.33. The number of hydrogen-bond acceptors (Lipinski definition) is 3. The second-order valence-electron chi connectivity index (χ2n) is 5.99. The van der Waals surface area contributed by atoms with Crippen LogP contribution in [0.3, 0.4) is 0 Å². The monoisotopic (exact) mass is 324 g/mol. The van der Waals surface area contributed by atoms with Crippen molar-refractivity contribution < 1.29 is 14.7 Å². The van der Waals surface area contributed by atoms with Crippen LogP contribution < -0.4 is 0 Å². The van der Waals surface area contributed by atoms with E-state index in [0.29, 0.717) is 6.54 Å². The van der Waals surface area contributed by atoms with Crippen molar-refractivity contribution in [3.63, 3.8) is 0 Å². The molecule has 124 valence electrons. The maximum Gasteiger partial charge on any atom is 0.354 e. The Balaban J connectivity index is 1.93. The van der Waals surface area contributed by atoms with Crippen molar-refractivity contribution in [2.75, 3.05) is 6.54 Å². The highest BCUT2D eigenvalue weighted by atomic mass is 16.4. The summed E-state index contributed by atoms with van der Waals surface area (Å²) in [4.78, 5) is 29.9. The molecule has 1 atom stereocenters. The molecule has 1 N–H and O–H groups in total. The molecule has 1 aliphatic rings. The van der Waals surface area contributed by atoms with Crippen molar-refractivity contribution in [3.8, 4) is 0 Å². The number of amides is 1. The van der Waals surface area contributed by atoms with E-state index in [1.807, 2.05) is 35.2 Å². The van der Waals surface area contributed by atoms with E-state index in [2.05, 4.69) is 4.98 Å². The number of aromatic nitrogens is 1. The first-order valence-electron chi connectivity index (χ1n) is 8.23. The third-order valence-electron chi connectivity index (χ3n) is 4.39. The predicted molar refractivity (Wildman–Crippen MR) is 89.9 cm³/mol. The number of rotatable bonds is 3. The molecular formula is C19H20N2O3. The lowest BCUT2D eigenvalue weighted by Gasteiger charge is -2.30. The van der Waals surface area contributed by atoms with Gasteiger partial charge in [-0.2, -0.15) is 0 Å². The van der Waals surface area contributed by atoms with Gasteiger partial charge in [0.05, 0.1) is 6.04 Å². The van der Waals surface area contributed by atoms with E-state index >= 15 is 0 Å². The topological polar surface area (TPSA) is 70.5 Å². The molecule has 0 aliphatic carbocycles. The minimum absolute atomic E-state index is 0.0106. The fraction of sp³-hybridized carbons (Fsp3) is 0.316. The number of carbonyl (C=O) groups excluding carboxylic acids is 1. The van der Waals surface area contributed by atoms with Crippen LogP contribution in [0.1, 0.15) is 58.3 Å². The molecule has 2 heterocycles. The minimum Gasteiger partial charge on any atom is -0.477 e. The highest BCUT2D eigenvalue weighted by Crippen LogP contribution is 2.31. The molecule has 2 aromatic rings. The number of hydrogen-bond donors (Lipinski definition) is 1. The number of carboxylic acids is 1. The first-order chi connectivity index (χ1) is 11.7. The van der Waals surface area contributed by atoms with Crippen molar-refractivity contribution in [3.05, 3.63) is 65.5 Å². The first kappa shape index (κ1) is 16.2. The summed E-state index contributed by atoms with van der Waals surface area (Å²) < 4.78 is 0. The van der Waals surface area contributed by atoms with Gasteiger partial charge in [-0.3, -0.25) is 4.79 Å². The Labute approximate surface area is 140 Å². The number of aromatic carboxylic acids is 1. The lowest BCUT2D eigenvalue weighted by atomic mass is 10.0. The molecule has 1 unspecified atom stereocenters. The van der Waals surface area contributed by atoms with E-state index in [0.717, 1.165) is 31.2 Å². The van der Waals surface area contributed by atoms with Crippen molar-refractivity contribution >= 4 is 11.9 Å². The van der Waals surface area contributed by atoms with Gasteiger partial charge >= 0.3 is 5.97 Å². The molecule has 3 rings (SSSR count). The van der Waals surface area contributed by atoms with E-state index in [4.69, 9.17) is 5.11 Å². The summed E-state index contributed by atoms with van der Waals surface area (Å²) in [6, 6.07) is 14.6. The van der Waals surface area contributed by atoms with Gasteiger partial charge in [0.15, 0.2) is 0 Å². The van der Waals surface area contributed by atoms with E-state index in [1.165, 1.54) is 6.07 Å². The van der Waals surface area contributed by atoms with Crippen LogP contribution in [-0.4, -0.2) is 33.4 Å². The molecule has 0 radical (unpaired) electrons. The average Bonchev–Trinajstić information content (AvgIpc) is 2.88. The lowest BCUT2D eigenvalue weighted by Crippen LogP contribution is -2.35. The Morgan fingerprint density at radius 3 is 2.46 bits per heavy atom. The highest BCUT2D eigenvalue weighted by Gasteiger charge is 2.28. The fourth-order valence-electron chi connectivity index (χ4n) is 3.19. The molecular weight excluding hydrogens is 304 g/mol. The van der Waals surface area contributed by atoms with Gasteiger partial charge in [-0.15, -0.1) is 0 Å². The molecule has 1 saturated heterocycles. The van der Waals surface area contributed by atoms with Gasteiger partial charge in [0.2, 0.25) is 0 Å². The van der Waals surface area contributed by atoms with Gasteiger partial charge in [0.25, 0.3) is 5.91 Å². The Morgan fingerprint density at radius 2 is 1.71 bits per heavy atom. The summed E-state index contributed by atoms with van der Waals surface area (Å²) in [7, 11) is 0. The number of nitrogens with zero attached hydrogens (tertiary/aromatic N) is 2. The Kier molecular flexibility index (Phi) is 4.89. The minimum atomic E-state index is -1.12. The molecule has 1 aliphatic heterocycles. The second-order valence-corrected chi connectivity index (χ2v) is 5.99. The van der Waals surface area contributed by atoms with Crippen LogP contribution in [-0.2, 0) is 0 Å². The molecule has 0 saturated carbocycles. The van der Waals surface area contributed by atoms with Crippen LogP contribution in [0, 0.1) is 0 Å². The smallest absolute Gasteiger partial charge is 0.354 e. The van der Waals surface area contributed by atoms with Crippen molar-refractivity contribution in [1.82, 2.24) is 9.88 Å². The summed E-state index contributed by atoms with van der Waals surface area (Å²) in [5.41, 5.74) is 1.20. The van der Waals surface area contributed by atoms with Gasteiger partial charge in [-0.1, -0.05) is 49.2 Å². The van der Waals surface area contributed by atoms with Crippen molar-refractivity contribution in [2.24, 2.45) is 0 Å². The van der Waals surface area contributed by atoms with Crippen LogP contribution in [0.15, 0.2) is 48.5 Å². The third kappa shape index (κ3) is 3.45. The van der Waals surface area contributed by atoms with Gasteiger partial charge in [-0.05, 0) is 30.5 Å². The Bertz CT molecular complexity index is 730. The summed E-state index contributed by atoms with van der Waals surface area (Å²) in [6.07, 6.45) is 4.03. The van der Waals surface area contributed by atoms with Crippen LogP contribution in [0.4, 0.5) is 0 Å². The van der Waals surface area contributed by atoms with E-state index in [1.54, 1.807) is 12.1 Å². The third-order valence-corrected chi connectivity index (χ3v) is 4.39. The van der Waals surface area contributed by atoms with Crippen LogP contribution in [0.25, 0.3) is 0 Å². The van der Waals surface area contributed by atoms with Gasteiger partial charge in [0.1, 0.15) is 11.4 Å². The molecule has 1 aromatic heterocycles. The number of pyridine rings is 1. The van der Waals surface area contributed by atoms with Crippen LogP contribution in [0.2, 0.25) is 0 Å². The molecule has 0 bridgehead atoms. The molecule has 24 heavy (non-hydrogen) atoms. The zero-order chi connectivity index (χ0) is 16.9. The largest absolute Gasteiger partial charge is 0.477 e. The molecule has 1 fully saturated rings. The van der Waals surface area contributed by atoms with E-state index < -0.39 is 5.97 Å². The van der Waals surface area contributed by atoms with Crippen molar-refractivity contribution in [1.29, 1.82) is 0 Å². The maximum absolute atomic E-state index is 13.0. The molecule has 1 amide bonds. The highest BCUT2D eigenvalue weighted by molar-refractivity contribution is 5.94. The van der Waals surface area contributed by atoms with E-state index in [9.17, 15) is 9.59 Å². The zero-order valence-corrected chi connectivity index (χ0v) is 13.4. The fourth-order valence-corrected chi connectivity index (χ4v) is 3.19. The number of carbonyl (C=O) groups is 2. The van der Waals surface area contributed by atoms with Crippen LogP contribution in [0.5, 0.6) is 0 Å². The average molecular weight is 324 g/mol. The van der Waals surface area contributed by atoms with Crippen molar-refractivity contribution in [2.45, 2.75) is 31.7 Å². The second kappa shape index (κ2) is 7.25. The molecule has 5 heteroatoms. The quantitative estimate of drug-likeness (QED) is 0.937. The first-order valence-corrected chi connectivity index (χ1v) is 8.23. The zero-order valence-electron chi connectivity index (χ0n) is 13.4. The molecule has 0 spiro atoms.